The Balaban J connectivity index is 1.47. The van der Waals surface area contributed by atoms with Gasteiger partial charge in [-0.15, -0.1) is 10.2 Å². The molecule has 0 aromatic carbocycles. The first-order chi connectivity index (χ1) is 11.3. The molecule has 0 atom stereocenters. The van der Waals surface area contributed by atoms with E-state index in [4.69, 9.17) is 0 Å². The molecule has 0 radical (unpaired) electrons. The molecule has 1 aliphatic rings. The number of fused-ring (bicyclic) bond motifs is 1. The number of hydrogen-bond acceptors (Lipinski definition) is 4. The molecule has 0 bridgehead atoms. The largest absolute Gasteiger partial charge is 0.309 e. The number of pyridine rings is 1. The van der Waals surface area contributed by atoms with Crippen molar-refractivity contribution in [1.29, 1.82) is 0 Å². The zero-order chi connectivity index (χ0) is 15.6. The molecule has 0 spiro atoms. The topological polar surface area (TPSA) is 48.0 Å². The second kappa shape index (κ2) is 6.35. The zero-order valence-electron chi connectivity index (χ0n) is 13.4. The van der Waals surface area contributed by atoms with Crippen LogP contribution < -0.4 is 0 Å². The van der Waals surface area contributed by atoms with Gasteiger partial charge in [0, 0.05) is 31.1 Å². The summed E-state index contributed by atoms with van der Waals surface area (Å²) in [5.74, 6) is 2.56. The van der Waals surface area contributed by atoms with Gasteiger partial charge in [0.25, 0.3) is 0 Å². The summed E-state index contributed by atoms with van der Waals surface area (Å²) < 4.78 is 4.23. The molecule has 3 aromatic heterocycles. The van der Waals surface area contributed by atoms with Crippen molar-refractivity contribution in [3.63, 3.8) is 0 Å². The number of rotatable bonds is 4. The molecule has 0 amide bonds. The Morgan fingerprint density at radius 1 is 1.17 bits per heavy atom. The van der Waals surface area contributed by atoms with Crippen LogP contribution in [0.15, 0.2) is 35.7 Å². The van der Waals surface area contributed by atoms with Crippen LogP contribution in [0.2, 0.25) is 0 Å². The Bertz CT molecular complexity index is 767. The first kappa shape index (κ1) is 14.8. The van der Waals surface area contributed by atoms with Crippen molar-refractivity contribution in [1.82, 2.24) is 24.1 Å². The molecule has 0 aliphatic heterocycles. The summed E-state index contributed by atoms with van der Waals surface area (Å²) in [6.45, 7) is 0. The Morgan fingerprint density at radius 3 is 2.87 bits per heavy atom. The predicted molar refractivity (Wildman–Crippen MR) is 91.6 cm³/mol. The maximum absolute atomic E-state index is 4.64. The van der Waals surface area contributed by atoms with Crippen LogP contribution in [0, 0.1) is 0 Å². The minimum atomic E-state index is 0.589. The van der Waals surface area contributed by atoms with Gasteiger partial charge in [-0.25, -0.2) is 4.98 Å². The second-order valence-electron chi connectivity index (χ2n) is 6.22. The lowest BCUT2D eigenvalue weighted by atomic mass is 9.89. The van der Waals surface area contributed by atoms with Gasteiger partial charge in [-0.05, 0) is 25.0 Å². The second-order valence-corrected chi connectivity index (χ2v) is 7.16. The smallest absolute Gasteiger partial charge is 0.191 e. The van der Waals surface area contributed by atoms with Gasteiger partial charge in [-0.2, -0.15) is 0 Å². The van der Waals surface area contributed by atoms with Gasteiger partial charge >= 0.3 is 0 Å². The van der Waals surface area contributed by atoms with Gasteiger partial charge in [0.15, 0.2) is 5.16 Å². The fourth-order valence-corrected chi connectivity index (χ4v) is 4.17. The third kappa shape index (κ3) is 3.00. The summed E-state index contributed by atoms with van der Waals surface area (Å²) in [5.41, 5.74) is 2.06. The van der Waals surface area contributed by atoms with Crippen LogP contribution in [0.25, 0.3) is 5.65 Å². The highest BCUT2D eigenvalue weighted by Gasteiger charge is 2.21. The highest BCUT2D eigenvalue weighted by Crippen LogP contribution is 2.33. The molecule has 1 fully saturated rings. The van der Waals surface area contributed by atoms with Crippen molar-refractivity contribution in [3.05, 3.63) is 42.1 Å². The lowest BCUT2D eigenvalue weighted by molar-refractivity contribution is 0.418. The normalized spacial score (nSPS) is 16.2. The van der Waals surface area contributed by atoms with E-state index in [0.29, 0.717) is 5.92 Å². The highest BCUT2D eigenvalue weighted by molar-refractivity contribution is 7.98. The van der Waals surface area contributed by atoms with E-state index in [1.54, 1.807) is 11.8 Å². The first-order valence-corrected chi connectivity index (χ1v) is 9.24. The van der Waals surface area contributed by atoms with E-state index < -0.39 is 0 Å². The molecule has 0 saturated heterocycles. The molecule has 6 heteroatoms. The third-order valence-corrected chi connectivity index (χ3v) is 5.66. The van der Waals surface area contributed by atoms with Crippen LogP contribution in [0.1, 0.15) is 49.5 Å². The lowest BCUT2D eigenvalue weighted by Gasteiger charge is -2.20. The number of nitrogens with zero attached hydrogens (tertiary/aromatic N) is 5. The monoisotopic (exact) mass is 327 g/mol. The van der Waals surface area contributed by atoms with Gasteiger partial charge in [0.2, 0.25) is 0 Å². The molecule has 1 aliphatic carbocycles. The van der Waals surface area contributed by atoms with Crippen LogP contribution in [-0.2, 0) is 12.8 Å². The molecular weight excluding hydrogens is 306 g/mol. The lowest BCUT2D eigenvalue weighted by Crippen LogP contribution is -2.10. The van der Waals surface area contributed by atoms with Crippen molar-refractivity contribution in [3.8, 4) is 0 Å². The van der Waals surface area contributed by atoms with Crippen molar-refractivity contribution in [2.24, 2.45) is 7.05 Å². The highest BCUT2D eigenvalue weighted by atomic mass is 32.2. The van der Waals surface area contributed by atoms with Gasteiger partial charge in [-0.1, -0.05) is 37.1 Å². The molecule has 23 heavy (non-hydrogen) atoms. The molecular formula is C17H21N5S. The summed E-state index contributed by atoms with van der Waals surface area (Å²) >= 11 is 1.71. The minimum Gasteiger partial charge on any atom is -0.309 e. The summed E-state index contributed by atoms with van der Waals surface area (Å²) in [5, 5.41) is 9.85. The van der Waals surface area contributed by atoms with E-state index in [-0.39, 0.29) is 0 Å². The van der Waals surface area contributed by atoms with Crippen molar-refractivity contribution >= 4 is 17.4 Å². The average molecular weight is 327 g/mol. The molecule has 0 unspecified atom stereocenters. The van der Waals surface area contributed by atoms with Crippen LogP contribution in [-0.4, -0.2) is 24.1 Å². The number of hydrogen-bond donors (Lipinski definition) is 0. The molecule has 1 saturated carbocycles. The Morgan fingerprint density at radius 2 is 2.04 bits per heavy atom. The van der Waals surface area contributed by atoms with Crippen molar-refractivity contribution in [2.75, 3.05) is 0 Å². The summed E-state index contributed by atoms with van der Waals surface area (Å²) in [7, 11) is 2.09. The standard InChI is InChI=1S/C17H21N5S/c1-21-16(13-7-3-2-4-8-13)19-20-17(21)23-12-14-11-22-10-6-5-9-15(22)18-14/h5-6,9-11,13H,2-4,7-8,12H2,1H3. The fraction of sp³-hybridized carbons (Fsp3) is 0.471. The van der Waals surface area contributed by atoms with Gasteiger partial charge < -0.3 is 8.97 Å². The van der Waals surface area contributed by atoms with E-state index in [2.05, 4.69) is 37.4 Å². The zero-order valence-corrected chi connectivity index (χ0v) is 14.2. The Labute approximate surface area is 140 Å². The van der Waals surface area contributed by atoms with E-state index in [9.17, 15) is 0 Å². The van der Waals surface area contributed by atoms with Gasteiger partial charge in [0.1, 0.15) is 11.5 Å². The maximum atomic E-state index is 4.64. The van der Waals surface area contributed by atoms with E-state index in [1.165, 1.54) is 32.1 Å². The third-order valence-electron chi connectivity index (χ3n) is 4.60. The molecule has 3 heterocycles. The molecule has 5 nitrogen and oxygen atoms in total. The molecule has 0 N–H and O–H groups in total. The van der Waals surface area contributed by atoms with Gasteiger partial charge in [-0.3, -0.25) is 0 Å². The Hall–Kier alpha value is -1.82. The average Bonchev–Trinajstić information content (AvgIpc) is 3.17. The van der Waals surface area contributed by atoms with Crippen molar-refractivity contribution < 1.29 is 0 Å². The SMILES string of the molecule is Cn1c(SCc2cn3ccccc3n2)nnc1C1CCCCC1. The minimum absolute atomic E-state index is 0.589. The summed E-state index contributed by atoms with van der Waals surface area (Å²) in [4.78, 5) is 4.64. The number of aromatic nitrogens is 5. The van der Waals surface area contributed by atoms with E-state index in [1.807, 2.05) is 24.4 Å². The fourth-order valence-electron chi connectivity index (χ4n) is 3.36. The van der Waals surface area contributed by atoms with Crippen LogP contribution in [0.4, 0.5) is 0 Å². The predicted octanol–water partition coefficient (Wildman–Crippen LogP) is 3.80. The summed E-state index contributed by atoms with van der Waals surface area (Å²) in [6.07, 6.45) is 10.6. The van der Waals surface area contributed by atoms with E-state index in [0.717, 1.165) is 28.1 Å². The summed E-state index contributed by atoms with van der Waals surface area (Å²) in [6, 6.07) is 6.06. The molecule has 120 valence electrons. The van der Waals surface area contributed by atoms with Crippen molar-refractivity contribution in [2.45, 2.75) is 48.9 Å². The van der Waals surface area contributed by atoms with Gasteiger partial charge in [0.05, 0.1) is 5.69 Å². The van der Waals surface area contributed by atoms with E-state index >= 15 is 0 Å². The Kier molecular flexibility index (Phi) is 4.08. The molecule has 4 rings (SSSR count). The van der Waals surface area contributed by atoms with Crippen LogP contribution in [0.5, 0.6) is 0 Å². The van der Waals surface area contributed by atoms with Crippen LogP contribution >= 0.6 is 11.8 Å². The number of thioether (sulfide) groups is 1. The quantitative estimate of drug-likeness (QED) is 0.684. The van der Waals surface area contributed by atoms with Crippen LogP contribution in [0.3, 0.4) is 0 Å². The number of imidazole rings is 1. The first-order valence-electron chi connectivity index (χ1n) is 8.26. The maximum Gasteiger partial charge on any atom is 0.191 e. The molecule has 3 aromatic rings.